The van der Waals surface area contributed by atoms with Crippen molar-refractivity contribution in [2.75, 3.05) is 6.54 Å². The van der Waals surface area contributed by atoms with Crippen molar-refractivity contribution in [2.24, 2.45) is 16.0 Å². The molecule has 0 radical (unpaired) electrons. The number of amides is 1. The molecule has 0 saturated heterocycles. The Bertz CT molecular complexity index is 580. The second-order valence-corrected chi connectivity index (χ2v) is 4.49. The van der Waals surface area contributed by atoms with Gasteiger partial charge in [-0.05, 0) is 18.2 Å². The number of rotatable bonds is 4. The van der Waals surface area contributed by atoms with Crippen molar-refractivity contribution < 1.29 is 18.0 Å². The first-order valence-electron chi connectivity index (χ1n) is 5.16. The predicted molar refractivity (Wildman–Crippen MR) is 68.1 cm³/mol. The Kier molecular flexibility index (Phi) is 5.21. The van der Waals surface area contributed by atoms with Gasteiger partial charge in [0, 0.05) is 4.47 Å². The molecule has 5 nitrogen and oxygen atoms in total. The number of hydrogen-bond donors (Lipinski definition) is 1. The smallest absolute Gasteiger partial charge is 0.367 e. The molecule has 20 heavy (non-hydrogen) atoms. The van der Waals surface area contributed by atoms with E-state index in [0.717, 1.165) is 6.07 Å². The Morgan fingerprint density at radius 1 is 1.50 bits per heavy atom. The van der Waals surface area contributed by atoms with Gasteiger partial charge in [0.25, 0.3) is 5.91 Å². The van der Waals surface area contributed by atoms with Crippen molar-refractivity contribution in [2.45, 2.75) is 12.2 Å². The van der Waals surface area contributed by atoms with Gasteiger partial charge in [-0.3, -0.25) is 4.79 Å². The van der Waals surface area contributed by atoms with Gasteiger partial charge < -0.3 is 10.6 Å². The molecule has 0 aliphatic heterocycles. The molecule has 0 aromatic heterocycles. The largest absolute Gasteiger partial charge is 0.417 e. The summed E-state index contributed by atoms with van der Waals surface area (Å²) in [5.74, 6) is -0.863. The highest BCUT2D eigenvalue weighted by molar-refractivity contribution is 9.10. The third-order valence-corrected chi connectivity index (χ3v) is 2.85. The van der Waals surface area contributed by atoms with Crippen LogP contribution in [0.1, 0.15) is 5.56 Å². The number of hydrogen-bond acceptors (Lipinski definition) is 3. The lowest BCUT2D eigenvalue weighted by atomic mass is 10.2. The molecule has 9 heteroatoms. The third kappa shape index (κ3) is 4.31. The van der Waals surface area contributed by atoms with Crippen molar-refractivity contribution >= 4 is 27.5 Å². The van der Waals surface area contributed by atoms with Gasteiger partial charge in [-0.2, -0.15) is 23.4 Å². The molecule has 0 bridgehead atoms. The SMILES string of the molecule is [C-]#[N+]CC(N=Nc1ccc(Br)c(C(F)(F)F)c1)C(N)=O. The Balaban J connectivity index is 3.05. The van der Waals surface area contributed by atoms with Crippen molar-refractivity contribution in [3.63, 3.8) is 0 Å². The summed E-state index contributed by atoms with van der Waals surface area (Å²) >= 11 is 2.79. The highest BCUT2D eigenvalue weighted by Gasteiger charge is 2.33. The van der Waals surface area contributed by atoms with Crippen molar-refractivity contribution in [3.05, 3.63) is 39.7 Å². The van der Waals surface area contributed by atoms with Crippen molar-refractivity contribution in [1.29, 1.82) is 0 Å². The van der Waals surface area contributed by atoms with Crippen LogP contribution in [-0.2, 0) is 11.0 Å². The molecule has 0 aliphatic carbocycles. The molecule has 1 unspecified atom stereocenters. The second kappa shape index (κ2) is 6.47. The summed E-state index contributed by atoms with van der Waals surface area (Å²) in [6, 6.07) is 2.07. The number of benzene rings is 1. The van der Waals surface area contributed by atoms with Crippen LogP contribution in [0.25, 0.3) is 4.85 Å². The average molecular weight is 349 g/mol. The van der Waals surface area contributed by atoms with E-state index in [1.807, 2.05) is 0 Å². The summed E-state index contributed by atoms with van der Waals surface area (Å²) in [6.07, 6.45) is -4.54. The van der Waals surface area contributed by atoms with E-state index in [1.54, 1.807) is 0 Å². The van der Waals surface area contributed by atoms with Crippen molar-refractivity contribution in [1.82, 2.24) is 0 Å². The number of azo groups is 1. The summed E-state index contributed by atoms with van der Waals surface area (Å²) in [4.78, 5) is 13.9. The van der Waals surface area contributed by atoms with E-state index in [9.17, 15) is 18.0 Å². The van der Waals surface area contributed by atoms with E-state index >= 15 is 0 Å². The van der Waals surface area contributed by atoms with Gasteiger partial charge in [0.15, 0.2) is 0 Å². The fourth-order valence-electron chi connectivity index (χ4n) is 1.20. The number of alkyl halides is 3. The van der Waals surface area contributed by atoms with Gasteiger partial charge in [0.05, 0.1) is 11.3 Å². The Morgan fingerprint density at radius 2 is 2.15 bits per heavy atom. The molecule has 106 valence electrons. The van der Waals surface area contributed by atoms with Gasteiger partial charge in [-0.15, -0.1) is 0 Å². The van der Waals surface area contributed by atoms with Crippen LogP contribution in [0.3, 0.4) is 0 Å². The normalized spacial score (nSPS) is 13.2. The Morgan fingerprint density at radius 3 is 2.65 bits per heavy atom. The number of nitrogens with two attached hydrogens (primary N) is 1. The van der Waals surface area contributed by atoms with Crippen LogP contribution in [0.15, 0.2) is 32.9 Å². The molecular weight excluding hydrogens is 341 g/mol. The van der Waals surface area contributed by atoms with Crippen LogP contribution < -0.4 is 5.73 Å². The molecule has 2 N–H and O–H groups in total. The maximum absolute atomic E-state index is 12.7. The van der Waals surface area contributed by atoms with E-state index in [1.165, 1.54) is 12.1 Å². The minimum Gasteiger partial charge on any atom is -0.367 e. The molecule has 0 saturated carbocycles. The summed E-state index contributed by atoms with van der Waals surface area (Å²) in [6.45, 7) is 6.31. The summed E-state index contributed by atoms with van der Waals surface area (Å²) in [7, 11) is 0. The van der Waals surface area contributed by atoms with Gasteiger partial charge in [0.1, 0.15) is 0 Å². The van der Waals surface area contributed by atoms with Crippen LogP contribution in [0.2, 0.25) is 0 Å². The molecule has 0 fully saturated rings. The standard InChI is InChI=1S/C11H8BrF3N4O/c1-17-5-9(10(16)20)19-18-6-2-3-8(12)7(4-6)11(13,14)15/h2-4,9H,5H2,(H2,16,20). The number of halogens is 4. The zero-order chi connectivity index (χ0) is 15.3. The molecule has 1 amide bonds. The number of nitrogens with zero attached hydrogens (tertiary/aromatic N) is 3. The molecule has 0 spiro atoms. The molecule has 1 aromatic carbocycles. The minimum atomic E-state index is -4.54. The number of carbonyl (C=O) groups excluding carboxylic acids is 1. The van der Waals surface area contributed by atoms with Gasteiger partial charge in [-0.25, -0.2) is 6.57 Å². The zero-order valence-corrected chi connectivity index (χ0v) is 11.4. The number of primary amides is 1. The Hall–Kier alpha value is -1.95. The fourth-order valence-corrected chi connectivity index (χ4v) is 1.67. The van der Waals surface area contributed by atoms with Gasteiger partial charge >= 0.3 is 6.18 Å². The van der Waals surface area contributed by atoms with E-state index in [-0.39, 0.29) is 16.7 Å². The molecule has 1 atom stereocenters. The summed E-state index contributed by atoms with van der Waals surface area (Å²) in [5, 5.41) is 7.01. The maximum atomic E-state index is 12.7. The highest BCUT2D eigenvalue weighted by Crippen LogP contribution is 2.37. The summed E-state index contributed by atoms with van der Waals surface area (Å²) in [5.41, 5.74) is 3.99. The van der Waals surface area contributed by atoms with Crippen LogP contribution in [-0.4, -0.2) is 18.5 Å². The van der Waals surface area contributed by atoms with E-state index in [0.29, 0.717) is 0 Å². The van der Waals surface area contributed by atoms with Crippen molar-refractivity contribution in [3.8, 4) is 0 Å². The Labute approximate surface area is 120 Å². The third-order valence-electron chi connectivity index (χ3n) is 2.16. The first kappa shape index (κ1) is 16.1. The molecule has 0 aliphatic rings. The van der Waals surface area contributed by atoms with Gasteiger partial charge in [-0.1, -0.05) is 15.9 Å². The molecular formula is C11H8BrF3N4O. The van der Waals surface area contributed by atoms with Crippen LogP contribution in [0.4, 0.5) is 18.9 Å². The molecule has 1 aromatic rings. The lowest BCUT2D eigenvalue weighted by molar-refractivity contribution is -0.138. The van der Waals surface area contributed by atoms with E-state index < -0.39 is 23.7 Å². The first-order chi connectivity index (χ1) is 9.25. The van der Waals surface area contributed by atoms with E-state index in [4.69, 9.17) is 12.3 Å². The van der Waals surface area contributed by atoms with E-state index in [2.05, 4.69) is 31.0 Å². The van der Waals surface area contributed by atoms with Crippen LogP contribution in [0.5, 0.6) is 0 Å². The predicted octanol–water partition coefficient (Wildman–Crippen LogP) is 3.32. The maximum Gasteiger partial charge on any atom is 0.417 e. The zero-order valence-electron chi connectivity index (χ0n) is 9.86. The first-order valence-corrected chi connectivity index (χ1v) is 5.95. The average Bonchev–Trinajstić information content (AvgIpc) is 2.34. The van der Waals surface area contributed by atoms with Crippen LogP contribution >= 0.6 is 15.9 Å². The molecule has 0 heterocycles. The second-order valence-electron chi connectivity index (χ2n) is 3.64. The monoisotopic (exact) mass is 348 g/mol. The fraction of sp³-hybridized carbons (Fsp3) is 0.273. The van der Waals surface area contributed by atoms with Crippen LogP contribution in [0, 0.1) is 6.57 Å². The highest BCUT2D eigenvalue weighted by atomic mass is 79.9. The number of carbonyl (C=O) groups is 1. The molecule has 1 rings (SSSR count). The quantitative estimate of drug-likeness (QED) is 0.657. The minimum absolute atomic E-state index is 0.0863. The lowest BCUT2D eigenvalue weighted by Crippen LogP contribution is -2.28. The lowest BCUT2D eigenvalue weighted by Gasteiger charge is -2.09. The topological polar surface area (TPSA) is 72.2 Å². The van der Waals surface area contributed by atoms with Gasteiger partial charge in [0.2, 0.25) is 12.6 Å². The summed E-state index contributed by atoms with van der Waals surface area (Å²) < 4.78 is 37.9.